The first-order chi connectivity index (χ1) is 8.75. The molecule has 0 unspecified atom stereocenters. The third-order valence-corrected chi connectivity index (χ3v) is 2.95. The molecule has 0 aromatic heterocycles. The lowest BCUT2D eigenvalue weighted by atomic mass is 10.1. The third-order valence-electron chi connectivity index (χ3n) is 2.95. The van der Waals surface area contributed by atoms with E-state index in [2.05, 4.69) is 5.32 Å². The molecule has 0 radical (unpaired) electrons. The summed E-state index contributed by atoms with van der Waals surface area (Å²) >= 11 is 0. The zero-order chi connectivity index (χ0) is 14.7. The van der Waals surface area contributed by atoms with Crippen molar-refractivity contribution in [3.63, 3.8) is 0 Å². The maximum atomic E-state index is 11.9. The molecule has 0 aromatic carbocycles. The minimum absolute atomic E-state index is 0.0260. The molecule has 110 valence electrons. The highest BCUT2D eigenvalue weighted by molar-refractivity contribution is 5.89. The van der Waals surface area contributed by atoms with Crippen LogP contribution in [0.3, 0.4) is 0 Å². The zero-order valence-electron chi connectivity index (χ0n) is 12.0. The normalized spacial score (nSPS) is 25.6. The molecule has 0 bridgehead atoms. The summed E-state index contributed by atoms with van der Waals surface area (Å²) in [7, 11) is 0. The van der Waals surface area contributed by atoms with Crippen molar-refractivity contribution in [2.45, 2.75) is 51.7 Å². The highest BCUT2D eigenvalue weighted by atomic mass is 16.6. The highest BCUT2D eigenvalue weighted by Gasteiger charge is 2.62. The Morgan fingerprint density at radius 2 is 2.05 bits per heavy atom. The lowest BCUT2D eigenvalue weighted by Crippen LogP contribution is -2.48. The molecule has 0 aliphatic heterocycles. The minimum atomic E-state index is -1.03. The van der Waals surface area contributed by atoms with Crippen LogP contribution in [0.4, 0.5) is 4.79 Å². The van der Waals surface area contributed by atoms with Gasteiger partial charge in [0.25, 0.3) is 0 Å². The van der Waals surface area contributed by atoms with Gasteiger partial charge in [0.1, 0.15) is 11.1 Å². The summed E-state index contributed by atoms with van der Waals surface area (Å²) < 4.78 is 10.1. The van der Waals surface area contributed by atoms with E-state index in [1.807, 2.05) is 0 Å². The zero-order valence-corrected chi connectivity index (χ0v) is 12.0. The first-order valence-electron chi connectivity index (χ1n) is 6.54. The Hall–Kier alpha value is -1.30. The SMILES string of the molecule is CCOC(=O)[C@@]1(NC(=O)OC(C)(C)C)C[C@H]1CCO. The molecule has 6 nitrogen and oxygen atoms in total. The predicted octanol–water partition coefficient (Wildman–Crippen LogP) is 1.22. The Bertz CT molecular complexity index is 349. The standard InChI is InChI=1S/C13H23NO5/c1-5-18-10(16)13(8-9(13)6-7-15)14-11(17)19-12(2,3)4/h9,15H,5-8H2,1-4H3,(H,14,17)/t9-,13-/m1/s1. The molecule has 6 heteroatoms. The lowest BCUT2D eigenvalue weighted by Gasteiger charge is -2.23. The Morgan fingerprint density at radius 1 is 1.42 bits per heavy atom. The second-order valence-electron chi connectivity index (χ2n) is 5.73. The van der Waals surface area contributed by atoms with Gasteiger partial charge in [0.05, 0.1) is 6.61 Å². The quantitative estimate of drug-likeness (QED) is 0.736. The monoisotopic (exact) mass is 273 g/mol. The van der Waals surface area contributed by atoms with Gasteiger partial charge in [-0.05, 0) is 46.5 Å². The maximum absolute atomic E-state index is 11.9. The van der Waals surface area contributed by atoms with Crippen molar-refractivity contribution in [1.29, 1.82) is 0 Å². The fraction of sp³-hybridized carbons (Fsp3) is 0.846. The van der Waals surface area contributed by atoms with Gasteiger partial charge in [0.15, 0.2) is 0 Å². The van der Waals surface area contributed by atoms with E-state index >= 15 is 0 Å². The van der Waals surface area contributed by atoms with Crippen LogP contribution in [0.5, 0.6) is 0 Å². The molecule has 1 saturated carbocycles. The second kappa shape index (κ2) is 5.77. The molecule has 0 aromatic rings. The summed E-state index contributed by atoms with van der Waals surface area (Å²) in [6.07, 6.45) is 0.293. The Labute approximate surface area is 113 Å². The lowest BCUT2D eigenvalue weighted by molar-refractivity contribution is -0.147. The van der Waals surface area contributed by atoms with Crippen molar-refractivity contribution >= 4 is 12.1 Å². The average Bonchev–Trinajstić information content (AvgIpc) is 2.90. The summed E-state index contributed by atoms with van der Waals surface area (Å²) in [5, 5.41) is 11.5. The van der Waals surface area contributed by atoms with E-state index in [1.165, 1.54) is 0 Å². The van der Waals surface area contributed by atoms with Crippen LogP contribution in [0.25, 0.3) is 0 Å². The van der Waals surface area contributed by atoms with E-state index in [0.717, 1.165) is 0 Å². The van der Waals surface area contributed by atoms with Gasteiger partial charge in [-0.25, -0.2) is 9.59 Å². The average molecular weight is 273 g/mol. The van der Waals surface area contributed by atoms with Crippen molar-refractivity contribution in [3.8, 4) is 0 Å². The molecule has 1 rings (SSSR count). The van der Waals surface area contributed by atoms with Gasteiger partial charge in [-0.15, -0.1) is 0 Å². The number of ether oxygens (including phenoxy) is 2. The van der Waals surface area contributed by atoms with E-state index in [0.29, 0.717) is 12.8 Å². The molecule has 1 amide bonds. The fourth-order valence-corrected chi connectivity index (χ4v) is 2.03. The van der Waals surface area contributed by atoms with Crippen LogP contribution < -0.4 is 5.32 Å². The Morgan fingerprint density at radius 3 is 2.53 bits per heavy atom. The molecule has 0 heterocycles. The van der Waals surface area contributed by atoms with Crippen LogP contribution in [-0.2, 0) is 14.3 Å². The summed E-state index contributed by atoms with van der Waals surface area (Å²) in [4.78, 5) is 23.7. The number of amides is 1. The molecule has 19 heavy (non-hydrogen) atoms. The van der Waals surface area contributed by atoms with Gasteiger partial charge in [-0.3, -0.25) is 0 Å². The van der Waals surface area contributed by atoms with Crippen LogP contribution in [0.2, 0.25) is 0 Å². The van der Waals surface area contributed by atoms with Crippen LogP contribution in [0.1, 0.15) is 40.5 Å². The van der Waals surface area contributed by atoms with E-state index in [4.69, 9.17) is 14.6 Å². The number of carbonyl (C=O) groups is 2. The van der Waals surface area contributed by atoms with Crippen molar-refractivity contribution in [2.24, 2.45) is 5.92 Å². The molecule has 2 N–H and O–H groups in total. The third kappa shape index (κ3) is 4.09. The van der Waals surface area contributed by atoms with Crippen LogP contribution >= 0.6 is 0 Å². The fourth-order valence-electron chi connectivity index (χ4n) is 2.03. The minimum Gasteiger partial charge on any atom is -0.464 e. The van der Waals surface area contributed by atoms with Crippen molar-refractivity contribution in [3.05, 3.63) is 0 Å². The van der Waals surface area contributed by atoms with E-state index in [9.17, 15) is 9.59 Å². The van der Waals surface area contributed by atoms with Gasteiger partial charge in [-0.2, -0.15) is 0 Å². The van der Waals surface area contributed by atoms with Gasteiger partial charge in [-0.1, -0.05) is 0 Å². The topological polar surface area (TPSA) is 84.9 Å². The van der Waals surface area contributed by atoms with Gasteiger partial charge >= 0.3 is 12.1 Å². The molecular formula is C13H23NO5. The number of carbonyl (C=O) groups excluding carboxylic acids is 2. The molecule has 0 spiro atoms. The van der Waals surface area contributed by atoms with Gasteiger partial charge in [0.2, 0.25) is 0 Å². The summed E-state index contributed by atoms with van der Waals surface area (Å²) in [5.41, 5.74) is -1.65. The van der Waals surface area contributed by atoms with Crippen LogP contribution in [0.15, 0.2) is 0 Å². The van der Waals surface area contributed by atoms with Gasteiger partial charge < -0.3 is 19.9 Å². The van der Waals surface area contributed by atoms with E-state index in [1.54, 1.807) is 27.7 Å². The number of hydrogen-bond acceptors (Lipinski definition) is 5. The van der Waals surface area contributed by atoms with E-state index < -0.39 is 23.2 Å². The summed E-state index contributed by atoms with van der Waals surface area (Å²) in [5.74, 6) is -0.552. The predicted molar refractivity (Wildman–Crippen MR) is 68.5 cm³/mol. The van der Waals surface area contributed by atoms with Crippen molar-refractivity contribution < 1.29 is 24.2 Å². The number of hydrogen-bond donors (Lipinski definition) is 2. The molecular weight excluding hydrogens is 250 g/mol. The highest BCUT2D eigenvalue weighted by Crippen LogP contribution is 2.46. The Balaban J connectivity index is 2.67. The van der Waals surface area contributed by atoms with Crippen molar-refractivity contribution in [1.82, 2.24) is 5.32 Å². The Kier molecular flexibility index (Phi) is 4.79. The number of aliphatic hydroxyl groups excluding tert-OH is 1. The van der Waals surface area contributed by atoms with Gasteiger partial charge in [0, 0.05) is 6.61 Å². The first-order valence-corrected chi connectivity index (χ1v) is 6.54. The van der Waals surface area contributed by atoms with Crippen LogP contribution in [-0.4, -0.2) is 41.5 Å². The number of alkyl carbamates (subject to hydrolysis) is 1. The maximum Gasteiger partial charge on any atom is 0.408 e. The second-order valence-corrected chi connectivity index (χ2v) is 5.73. The number of nitrogens with one attached hydrogen (secondary N) is 1. The molecule has 1 aliphatic carbocycles. The van der Waals surface area contributed by atoms with Crippen LogP contribution in [0, 0.1) is 5.92 Å². The molecule has 1 aliphatic rings. The summed E-state index contributed by atoms with van der Waals surface area (Å²) in [6, 6.07) is 0. The number of rotatable bonds is 5. The molecule has 1 fully saturated rings. The first kappa shape index (κ1) is 15.8. The smallest absolute Gasteiger partial charge is 0.408 e. The summed E-state index contributed by atoms with van der Waals surface area (Å²) in [6.45, 7) is 7.19. The number of esters is 1. The van der Waals surface area contributed by atoms with Crippen molar-refractivity contribution in [2.75, 3.05) is 13.2 Å². The largest absolute Gasteiger partial charge is 0.464 e. The van der Waals surface area contributed by atoms with E-state index in [-0.39, 0.29) is 19.1 Å². The number of aliphatic hydroxyl groups is 1. The molecule has 2 atom stereocenters. The molecule has 0 saturated heterocycles.